The molecule has 6 rings (SSSR count). The predicted octanol–water partition coefficient (Wildman–Crippen LogP) is 4.44. The van der Waals surface area contributed by atoms with Crippen molar-refractivity contribution >= 4 is 17.3 Å². The highest BCUT2D eigenvalue weighted by Crippen LogP contribution is 2.66. The Labute approximate surface area is 237 Å². The third kappa shape index (κ3) is 5.34. The maximum absolute atomic E-state index is 14.0. The number of fused-ring (bicyclic) bond motifs is 1. The molecule has 0 radical (unpaired) electrons. The smallest absolute Gasteiger partial charge is 0.227 e. The molecule has 40 heavy (non-hydrogen) atoms. The van der Waals surface area contributed by atoms with Crippen molar-refractivity contribution in [3.8, 4) is 0 Å². The van der Waals surface area contributed by atoms with E-state index in [4.69, 9.17) is 9.72 Å². The van der Waals surface area contributed by atoms with Crippen LogP contribution in [0.1, 0.15) is 54.9 Å². The SMILES string of the molecule is CC(C)CC1C(CC(=O)c2nc3ccccn3c2CCc2ccccc2)C12CNC[C@H](C(=O)N1CCOCC1)C2. The number of nitrogens with zero attached hydrogens (tertiary/aromatic N) is 3. The van der Waals surface area contributed by atoms with Crippen molar-refractivity contribution in [2.45, 2.75) is 46.0 Å². The minimum Gasteiger partial charge on any atom is -0.378 e. The second-order valence-corrected chi connectivity index (χ2v) is 12.5. The van der Waals surface area contributed by atoms with E-state index in [0.717, 1.165) is 50.1 Å². The largest absolute Gasteiger partial charge is 0.378 e. The molecule has 7 nitrogen and oxygen atoms in total. The Hall–Kier alpha value is -3.03. The Bertz CT molecular complexity index is 1350. The summed E-state index contributed by atoms with van der Waals surface area (Å²) in [4.78, 5) is 34.3. The molecule has 212 valence electrons. The lowest BCUT2D eigenvalue weighted by molar-refractivity contribution is -0.141. The fourth-order valence-electron chi connectivity index (χ4n) is 7.50. The van der Waals surface area contributed by atoms with Crippen LogP contribution in [0.15, 0.2) is 54.7 Å². The van der Waals surface area contributed by atoms with Crippen molar-refractivity contribution in [3.63, 3.8) is 0 Å². The Morgan fingerprint density at radius 1 is 1.05 bits per heavy atom. The van der Waals surface area contributed by atoms with Crippen LogP contribution in [0.3, 0.4) is 0 Å². The van der Waals surface area contributed by atoms with Crippen LogP contribution < -0.4 is 5.32 Å². The summed E-state index contributed by atoms with van der Waals surface area (Å²) in [5.74, 6) is 1.64. The van der Waals surface area contributed by atoms with Gasteiger partial charge in [0.2, 0.25) is 5.91 Å². The summed E-state index contributed by atoms with van der Waals surface area (Å²) in [5, 5.41) is 3.62. The second-order valence-electron chi connectivity index (χ2n) is 12.5. The average molecular weight is 543 g/mol. The molecule has 2 saturated heterocycles. The first kappa shape index (κ1) is 27.2. The number of ketones is 1. The number of benzene rings is 1. The average Bonchev–Trinajstić information content (AvgIpc) is 3.33. The number of aryl methyl sites for hydroxylation is 2. The summed E-state index contributed by atoms with van der Waals surface area (Å²) in [7, 11) is 0. The number of pyridine rings is 1. The van der Waals surface area contributed by atoms with Crippen LogP contribution in [0.25, 0.3) is 5.65 Å². The molecule has 1 amide bonds. The van der Waals surface area contributed by atoms with E-state index in [2.05, 4.69) is 47.8 Å². The lowest BCUT2D eigenvalue weighted by Crippen LogP contribution is -2.50. The summed E-state index contributed by atoms with van der Waals surface area (Å²) >= 11 is 0. The number of carbonyl (C=O) groups is 2. The number of carbonyl (C=O) groups excluding carboxylic acids is 2. The first-order valence-corrected chi connectivity index (χ1v) is 15.1. The zero-order chi connectivity index (χ0) is 27.7. The number of hydrogen-bond donors (Lipinski definition) is 1. The monoisotopic (exact) mass is 542 g/mol. The van der Waals surface area contributed by atoms with Crippen LogP contribution in [0.5, 0.6) is 0 Å². The Balaban J connectivity index is 1.22. The Morgan fingerprint density at radius 2 is 1.82 bits per heavy atom. The molecule has 0 bridgehead atoms. The lowest BCUT2D eigenvalue weighted by atomic mass is 9.82. The van der Waals surface area contributed by atoms with Crippen molar-refractivity contribution in [2.24, 2.45) is 29.1 Å². The zero-order valence-corrected chi connectivity index (χ0v) is 23.9. The molecule has 3 fully saturated rings. The van der Waals surface area contributed by atoms with Gasteiger partial charge in [-0.1, -0.05) is 50.2 Å². The van der Waals surface area contributed by atoms with Crippen LogP contribution in [-0.2, 0) is 22.4 Å². The maximum atomic E-state index is 14.0. The van der Waals surface area contributed by atoms with Gasteiger partial charge in [-0.3, -0.25) is 9.59 Å². The summed E-state index contributed by atoms with van der Waals surface area (Å²) in [6.07, 6.45) is 6.11. The van der Waals surface area contributed by atoms with E-state index in [1.807, 2.05) is 35.4 Å². The number of hydrogen-bond acceptors (Lipinski definition) is 5. The van der Waals surface area contributed by atoms with E-state index in [-0.39, 0.29) is 28.9 Å². The van der Waals surface area contributed by atoms with E-state index in [1.165, 1.54) is 5.56 Å². The van der Waals surface area contributed by atoms with Crippen LogP contribution in [0.2, 0.25) is 0 Å². The van der Waals surface area contributed by atoms with Gasteiger partial charge in [-0.05, 0) is 66.5 Å². The van der Waals surface area contributed by atoms with Crippen LogP contribution in [0, 0.1) is 29.1 Å². The fraction of sp³-hybridized carbons (Fsp3) is 0.545. The number of rotatable bonds is 9. The number of imidazole rings is 1. The molecule has 2 aromatic heterocycles. The highest BCUT2D eigenvalue weighted by Gasteiger charge is 2.65. The summed E-state index contributed by atoms with van der Waals surface area (Å²) in [6.45, 7) is 8.75. The number of Topliss-reactive ketones (excluding diaryl/α,β-unsaturated/α-hetero) is 1. The number of morpholine rings is 1. The van der Waals surface area contributed by atoms with Gasteiger partial charge in [-0.25, -0.2) is 4.98 Å². The molecule has 3 aromatic rings. The van der Waals surface area contributed by atoms with Gasteiger partial charge in [-0.2, -0.15) is 0 Å². The van der Waals surface area contributed by atoms with Crippen molar-refractivity contribution in [1.82, 2.24) is 19.6 Å². The number of ether oxygens (including phenoxy) is 1. The summed E-state index contributed by atoms with van der Waals surface area (Å²) in [6, 6.07) is 16.4. The van der Waals surface area contributed by atoms with Gasteiger partial charge in [0.25, 0.3) is 0 Å². The summed E-state index contributed by atoms with van der Waals surface area (Å²) in [5.41, 5.74) is 3.72. The Kier molecular flexibility index (Phi) is 7.78. The quantitative estimate of drug-likeness (QED) is 0.405. The molecule has 1 aromatic carbocycles. The van der Waals surface area contributed by atoms with E-state index >= 15 is 0 Å². The fourth-order valence-corrected chi connectivity index (χ4v) is 7.50. The lowest BCUT2D eigenvalue weighted by Gasteiger charge is -2.36. The molecule has 1 aliphatic carbocycles. The van der Waals surface area contributed by atoms with Crippen molar-refractivity contribution < 1.29 is 14.3 Å². The molecule has 2 aliphatic heterocycles. The van der Waals surface area contributed by atoms with Gasteiger partial charge in [0.05, 0.1) is 24.8 Å². The molecule has 7 heteroatoms. The van der Waals surface area contributed by atoms with Crippen molar-refractivity contribution in [1.29, 1.82) is 0 Å². The van der Waals surface area contributed by atoms with E-state index in [9.17, 15) is 9.59 Å². The van der Waals surface area contributed by atoms with Crippen molar-refractivity contribution in [3.05, 3.63) is 71.7 Å². The number of piperidine rings is 1. The molecule has 3 aliphatic rings. The molecule has 3 unspecified atom stereocenters. The topological polar surface area (TPSA) is 75.9 Å². The minimum absolute atomic E-state index is 0.00809. The van der Waals surface area contributed by atoms with Gasteiger partial charge >= 0.3 is 0 Å². The highest BCUT2D eigenvalue weighted by atomic mass is 16.5. The van der Waals surface area contributed by atoms with Gasteiger partial charge < -0.3 is 19.4 Å². The molecule has 4 heterocycles. The zero-order valence-electron chi connectivity index (χ0n) is 23.9. The number of nitrogens with one attached hydrogen (secondary N) is 1. The first-order chi connectivity index (χ1) is 19.5. The van der Waals surface area contributed by atoms with Crippen LogP contribution in [0.4, 0.5) is 0 Å². The molecule has 4 atom stereocenters. The van der Waals surface area contributed by atoms with E-state index in [1.54, 1.807) is 0 Å². The third-order valence-corrected chi connectivity index (χ3v) is 9.51. The second kappa shape index (κ2) is 11.5. The van der Waals surface area contributed by atoms with E-state index < -0.39 is 0 Å². The van der Waals surface area contributed by atoms with Gasteiger partial charge in [0.15, 0.2) is 5.78 Å². The minimum atomic E-state index is -0.0294. The molecular formula is C33H42N4O3. The van der Waals surface area contributed by atoms with E-state index in [0.29, 0.717) is 50.3 Å². The Morgan fingerprint density at radius 3 is 2.60 bits per heavy atom. The van der Waals surface area contributed by atoms with Gasteiger partial charge in [-0.15, -0.1) is 0 Å². The number of aromatic nitrogens is 2. The molecule has 1 spiro atoms. The van der Waals surface area contributed by atoms with Gasteiger partial charge in [0, 0.05) is 38.8 Å². The summed E-state index contributed by atoms with van der Waals surface area (Å²) < 4.78 is 7.56. The predicted molar refractivity (Wildman–Crippen MR) is 155 cm³/mol. The third-order valence-electron chi connectivity index (χ3n) is 9.51. The number of amides is 1. The molecule has 1 saturated carbocycles. The highest BCUT2D eigenvalue weighted by molar-refractivity contribution is 5.96. The van der Waals surface area contributed by atoms with Crippen LogP contribution >= 0.6 is 0 Å². The molecular weight excluding hydrogens is 500 g/mol. The normalized spacial score (nSPS) is 26.5. The standard InChI is InChI=1S/C33H42N4O3/c1-23(2)18-26-27(33(26)20-25(21-34-22-33)32(39)36-14-16-40-17-15-36)19-29(38)31-28(12-11-24-8-4-3-5-9-24)37-13-7-6-10-30(37)35-31/h3-10,13,23,25-27,34H,11-12,14-22H2,1-2H3/t25-,26?,27?,33?/m1/s1. The molecule has 1 N–H and O–H groups in total. The van der Waals surface area contributed by atoms with Crippen LogP contribution in [-0.4, -0.2) is 65.4 Å². The van der Waals surface area contributed by atoms with Gasteiger partial charge in [0.1, 0.15) is 11.3 Å². The van der Waals surface area contributed by atoms with Crippen molar-refractivity contribution in [2.75, 3.05) is 39.4 Å². The maximum Gasteiger partial charge on any atom is 0.227 e. The first-order valence-electron chi connectivity index (χ1n) is 15.1.